The third-order valence-electron chi connectivity index (χ3n) is 4.83. The van der Waals surface area contributed by atoms with Crippen LogP contribution in [0.25, 0.3) is 0 Å². The molecule has 0 aromatic rings. The van der Waals surface area contributed by atoms with E-state index < -0.39 is 0 Å². The van der Waals surface area contributed by atoms with Crippen LogP contribution < -0.4 is 0 Å². The largest absolute Gasteiger partial charge is 0.391 e. The molecule has 1 aliphatic carbocycles. The second-order valence-electron chi connectivity index (χ2n) is 6.24. The first kappa shape index (κ1) is 14.3. The standard InChI is InChI=1S/C15H29NO2/c1-3-12-6-7-15(17)14(9-12)16(2)10-13-5-4-8-18-11-13/h12-15,17H,3-11H2,1-2H3. The predicted octanol–water partition coefficient (Wildman–Crippen LogP) is 2.28. The van der Waals surface area contributed by atoms with Gasteiger partial charge in [0.2, 0.25) is 0 Å². The van der Waals surface area contributed by atoms with Crippen LogP contribution in [0.2, 0.25) is 0 Å². The van der Waals surface area contributed by atoms with Gasteiger partial charge in [0.05, 0.1) is 12.7 Å². The molecular weight excluding hydrogens is 226 g/mol. The van der Waals surface area contributed by atoms with Crippen molar-refractivity contribution in [2.75, 3.05) is 26.8 Å². The average Bonchev–Trinajstić information content (AvgIpc) is 2.40. The summed E-state index contributed by atoms with van der Waals surface area (Å²) in [5.41, 5.74) is 0. The molecule has 2 rings (SSSR count). The van der Waals surface area contributed by atoms with E-state index in [4.69, 9.17) is 4.74 Å². The Morgan fingerprint density at radius 2 is 2.06 bits per heavy atom. The first-order valence-corrected chi connectivity index (χ1v) is 7.66. The van der Waals surface area contributed by atoms with Crippen molar-refractivity contribution in [2.24, 2.45) is 11.8 Å². The van der Waals surface area contributed by atoms with E-state index in [1.807, 2.05) is 0 Å². The molecule has 2 fully saturated rings. The van der Waals surface area contributed by atoms with Crippen LogP contribution in [-0.2, 0) is 4.74 Å². The molecule has 18 heavy (non-hydrogen) atoms. The van der Waals surface area contributed by atoms with Crippen molar-refractivity contribution in [2.45, 2.75) is 57.6 Å². The Kier molecular flexibility index (Phi) is 5.46. The van der Waals surface area contributed by atoms with Crippen LogP contribution in [0.1, 0.15) is 45.4 Å². The Labute approximate surface area is 112 Å². The molecule has 1 aliphatic heterocycles. The van der Waals surface area contributed by atoms with Gasteiger partial charge < -0.3 is 14.7 Å². The molecule has 0 radical (unpaired) electrons. The van der Waals surface area contributed by atoms with E-state index in [-0.39, 0.29) is 6.10 Å². The predicted molar refractivity (Wildman–Crippen MR) is 73.6 cm³/mol. The summed E-state index contributed by atoms with van der Waals surface area (Å²) in [6, 6.07) is 0.366. The molecule has 0 spiro atoms. The summed E-state index contributed by atoms with van der Waals surface area (Å²) < 4.78 is 5.55. The van der Waals surface area contributed by atoms with Crippen LogP contribution >= 0.6 is 0 Å². The summed E-state index contributed by atoms with van der Waals surface area (Å²) in [6.07, 6.45) is 6.96. The molecule has 0 aromatic heterocycles. The van der Waals surface area contributed by atoms with Gasteiger partial charge in [-0.2, -0.15) is 0 Å². The zero-order chi connectivity index (χ0) is 13.0. The Morgan fingerprint density at radius 3 is 2.72 bits per heavy atom. The summed E-state index contributed by atoms with van der Waals surface area (Å²) in [6.45, 7) is 5.20. The summed E-state index contributed by atoms with van der Waals surface area (Å²) in [4.78, 5) is 2.39. The number of hydrogen-bond acceptors (Lipinski definition) is 3. The molecule has 4 unspecified atom stereocenters. The Balaban J connectivity index is 1.83. The minimum absolute atomic E-state index is 0.123. The molecule has 3 nitrogen and oxygen atoms in total. The molecule has 106 valence electrons. The molecule has 1 saturated heterocycles. The quantitative estimate of drug-likeness (QED) is 0.836. The van der Waals surface area contributed by atoms with Crippen LogP contribution in [0.3, 0.4) is 0 Å². The lowest BCUT2D eigenvalue weighted by atomic mass is 9.81. The molecule has 0 aromatic carbocycles. The number of likely N-dealkylation sites (N-methyl/N-ethyl adjacent to an activating group) is 1. The molecule has 4 atom stereocenters. The lowest BCUT2D eigenvalue weighted by Gasteiger charge is -2.40. The number of rotatable bonds is 4. The molecule has 1 heterocycles. The maximum atomic E-state index is 10.2. The van der Waals surface area contributed by atoms with Gasteiger partial charge in [-0.25, -0.2) is 0 Å². The van der Waals surface area contributed by atoms with Crippen molar-refractivity contribution < 1.29 is 9.84 Å². The van der Waals surface area contributed by atoms with E-state index in [1.54, 1.807) is 0 Å². The van der Waals surface area contributed by atoms with E-state index in [1.165, 1.54) is 32.1 Å². The van der Waals surface area contributed by atoms with Crippen LogP contribution in [-0.4, -0.2) is 49.0 Å². The Bertz CT molecular complexity index is 241. The van der Waals surface area contributed by atoms with Gasteiger partial charge in [-0.05, 0) is 51.0 Å². The maximum absolute atomic E-state index is 10.2. The van der Waals surface area contributed by atoms with E-state index >= 15 is 0 Å². The number of aliphatic hydroxyl groups excluding tert-OH is 1. The fourth-order valence-electron chi connectivity index (χ4n) is 3.55. The highest BCUT2D eigenvalue weighted by molar-refractivity contribution is 4.86. The van der Waals surface area contributed by atoms with E-state index in [0.29, 0.717) is 12.0 Å². The highest BCUT2D eigenvalue weighted by Gasteiger charge is 2.32. The van der Waals surface area contributed by atoms with Crippen LogP contribution in [0.15, 0.2) is 0 Å². The minimum atomic E-state index is -0.123. The molecule has 2 aliphatic rings. The first-order chi connectivity index (χ1) is 8.70. The molecule has 0 amide bonds. The smallest absolute Gasteiger partial charge is 0.0695 e. The number of nitrogens with zero attached hydrogens (tertiary/aromatic N) is 1. The van der Waals surface area contributed by atoms with Crippen molar-refractivity contribution in [1.29, 1.82) is 0 Å². The average molecular weight is 255 g/mol. The number of aliphatic hydroxyl groups is 1. The van der Waals surface area contributed by atoms with Crippen LogP contribution in [0.5, 0.6) is 0 Å². The third kappa shape index (κ3) is 3.69. The topological polar surface area (TPSA) is 32.7 Å². The normalized spacial score (nSPS) is 38.0. The lowest BCUT2D eigenvalue weighted by molar-refractivity contribution is -0.0111. The second-order valence-corrected chi connectivity index (χ2v) is 6.24. The van der Waals surface area contributed by atoms with Crippen molar-refractivity contribution in [3.05, 3.63) is 0 Å². The van der Waals surface area contributed by atoms with Crippen molar-refractivity contribution in [1.82, 2.24) is 4.90 Å². The molecule has 1 N–H and O–H groups in total. The maximum Gasteiger partial charge on any atom is 0.0695 e. The van der Waals surface area contributed by atoms with Gasteiger partial charge in [0.15, 0.2) is 0 Å². The molecule has 0 bridgehead atoms. The summed E-state index contributed by atoms with van der Waals surface area (Å²) in [7, 11) is 2.18. The monoisotopic (exact) mass is 255 g/mol. The Morgan fingerprint density at radius 1 is 1.22 bits per heavy atom. The van der Waals surface area contributed by atoms with Crippen LogP contribution in [0.4, 0.5) is 0 Å². The van der Waals surface area contributed by atoms with Gasteiger partial charge >= 0.3 is 0 Å². The highest BCUT2D eigenvalue weighted by atomic mass is 16.5. The summed E-state index contributed by atoms with van der Waals surface area (Å²) in [5.74, 6) is 1.47. The van der Waals surface area contributed by atoms with Crippen LogP contribution in [0, 0.1) is 11.8 Å². The van der Waals surface area contributed by atoms with Gasteiger partial charge in [-0.15, -0.1) is 0 Å². The van der Waals surface area contributed by atoms with Crippen molar-refractivity contribution in [3.63, 3.8) is 0 Å². The SMILES string of the molecule is CCC1CCC(O)C(N(C)CC2CCCOC2)C1. The number of hydrogen-bond donors (Lipinski definition) is 1. The zero-order valence-corrected chi connectivity index (χ0v) is 12.0. The summed E-state index contributed by atoms with van der Waals surface area (Å²) >= 11 is 0. The molecular formula is C15H29NO2. The van der Waals surface area contributed by atoms with E-state index in [2.05, 4.69) is 18.9 Å². The molecule has 1 saturated carbocycles. The highest BCUT2D eigenvalue weighted by Crippen LogP contribution is 2.30. The third-order valence-corrected chi connectivity index (χ3v) is 4.83. The van der Waals surface area contributed by atoms with Crippen molar-refractivity contribution in [3.8, 4) is 0 Å². The first-order valence-electron chi connectivity index (χ1n) is 7.66. The van der Waals surface area contributed by atoms with Gasteiger partial charge in [0, 0.05) is 19.2 Å². The Hall–Kier alpha value is -0.120. The van der Waals surface area contributed by atoms with Gasteiger partial charge in [-0.3, -0.25) is 0 Å². The second kappa shape index (κ2) is 6.88. The van der Waals surface area contributed by atoms with Crippen molar-refractivity contribution >= 4 is 0 Å². The van der Waals surface area contributed by atoms with Gasteiger partial charge in [-0.1, -0.05) is 13.3 Å². The number of ether oxygens (including phenoxy) is 1. The molecule has 3 heteroatoms. The summed E-state index contributed by atoms with van der Waals surface area (Å²) in [5, 5.41) is 10.2. The fraction of sp³-hybridized carbons (Fsp3) is 1.00. The lowest BCUT2D eigenvalue weighted by Crippen LogP contribution is -2.47. The van der Waals surface area contributed by atoms with E-state index in [0.717, 1.165) is 32.1 Å². The van der Waals surface area contributed by atoms with E-state index in [9.17, 15) is 5.11 Å². The van der Waals surface area contributed by atoms with Gasteiger partial charge in [0.25, 0.3) is 0 Å². The minimum Gasteiger partial charge on any atom is -0.391 e. The zero-order valence-electron chi connectivity index (χ0n) is 12.0. The van der Waals surface area contributed by atoms with Gasteiger partial charge in [0.1, 0.15) is 0 Å². The fourth-order valence-corrected chi connectivity index (χ4v) is 3.55.